The van der Waals surface area contributed by atoms with Gasteiger partial charge in [0.1, 0.15) is 0 Å². The van der Waals surface area contributed by atoms with Crippen molar-refractivity contribution in [2.45, 2.75) is 20.4 Å². The van der Waals surface area contributed by atoms with E-state index in [4.69, 9.17) is 5.73 Å². The molecular formula is C14H15N5OS. The highest BCUT2D eigenvalue weighted by Gasteiger charge is 2.15. The fourth-order valence-electron chi connectivity index (χ4n) is 2.08. The molecule has 108 valence electrons. The molecule has 0 aliphatic carbocycles. The number of amides is 1. The van der Waals surface area contributed by atoms with Crippen LogP contribution in [-0.4, -0.2) is 20.7 Å². The Bertz CT molecular complexity index is 820. The number of nitrogens with two attached hydrogens (primary N) is 1. The molecule has 0 fully saturated rings. The standard InChI is InChI=1S/C14H15N5OS/c1-3-19-7-10(15)13(18-19)14(20)17-9-4-5-11-12(6-9)21-8(2)16-11/h4-7H,3,15H2,1-2H3,(H,17,20). The molecule has 3 aromatic rings. The second kappa shape index (κ2) is 5.17. The van der Waals surface area contributed by atoms with Crippen molar-refractivity contribution in [2.75, 3.05) is 11.1 Å². The molecule has 2 heterocycles. The smallest absolute Gasteiger partial charge is 0.278 e. The van der Waals surface area contributed by atoms with Crippen molar-refractivity contribution < 1.29 is 4.79 Å². The highest BCUT2D eigenvalue weighted by atomic mass is 32.1. The molecule has 3 rings (SSSR count). The largest absolute Gasteiger partial charge is 0.396 e. The van der Waals surface area contributed by atoms with Gasteiger partial charge in [-0.05, 0) is 32.0 Å². The van der Waals surface area contributed by atoms with E-state index in [1.165, 1.54) is 0 Å². The molecule has 1 aromatic carbocycles. The number of nitrogens with zero attached hydrogens (tertiary/aromatic N) is 3. The summed E-state index contributed by atoms with van der Waals surface area (Å²) in [5, 5.41) is 7.98. The summed E-state index contributed by atoms with van der Waals surface area (Å²) in [6.07, 6.45) is 1.66. The third kappa shape index (κ3) is 2.59. The minimum Gasteiger partial charge on any atom is -0.396 e. The summed E-state index contributed by atoms with van der Waals surface area (Å²) in [6, 6.07) is 5.62. The Morgan fingerprint density at radius 3 is 3.00 bits per heavy atom. The Kier molecular flexibility index (Phi) is 3.34. The van der Waals surface area contributed by atoms with E-state index in [9.17, 15) is 4.79 Å². The maximum absolute atomic E-state index is 12.2. The number of aromatic nitrogens is 3. The van der Waals surface area contributed by atoms with E-state index in [1.807, 2.05) is 32.0 Å². The zero-order chi connectivity index (χ0) is 15.0. The molecule has 0 atom stereocenters. The van der Waals surface area contributed by atoms with Gasteiger partial charge in [0.2, 0.25) is 0 Å². The molecule has 0 saturated heterocycles. The van der Waals surface area contributed by atoms with Crippen LogP contribution in [0.25, 0.3) is 10.2 Å². The summed E-state index contributed by atoms with van der Waals surface area (Å²) >= 11 is 1.59. The number of hydrogen-bond acceptors (Lipinski definition) is 5. The first-order valence-corrected chi connectivity index (χ1v) is 7.40. The van der Waals surface area contributed by atoms with Gasteiger partial charge in [-0.25, -0.2) is 4.98 Å². The monoisotopic (exact) mass is 301 g/mol. The maximum Gasteiger partial charge on any atom is 0.278 e. The van der Waals surface area contributed by atoms with Gasteiger partial charge in [-0.3, -0.25) is 9.48 Å². The number of fused-ring (bicyclic) bond motifs is 1. The topological polar surface area (TPSA) is 85.8 Å². The zero-order valence-electron chi connectivity index (χ0n) is 11.8. The average molecular weight is 301 g/mol. The lowest BCUT2D eigenvalue weighted by atomic mass is 10.3. The van der Waals surface area contributed by atoms with E-state index in [0.717, 1.165) is 15.2 Å². The van der Waals surface area contributed by atoms with Crippen molar-refractivity contribution in [2.24, 2.45) is 0 Å². The molecule has 0 aliphatic heterocycles. The number of anilines is 2. The van der Waals surface area contributed by atoms with Crippen molar-refractivity contribution in [1.82, 2.24) is 14.8 Å². The van der Waals surface area contributed by atoms with Gasteiger partial charge in [-0.15, -0.1) is 11.3 Å². The molecule has 3 N–H and O–H groups in total. The predicted molar refractivity (Wildman–Crippen MR) is 84.6 cm³/mol. The SMILES string of the molecule is CCn1cc(N)c(C(=O)Nc2ccc3nc(C)sc3c2)n1. The average Bonchev–Trinajstić information content (AvgIpc) is 3.00. The van der Waals surface area contributed by atoms with Gasteiger partial charge >= 0.3 is 0 Å². The van der Waals surface area contributed by atoms with E-state index in [1.54, 1.807) is 22.2 Å². The molecule has 0 unspecified atom stereocenters. The van der Waals surface area contributed by atoms with Gasteiger partial charge < -0.3 is 11.1 Å². The number of carbonyl (C=O) groups is 1. The first kappa shape index (κ1) is 13.6. The van der Waals surface area contributed by atoms with E-state index in [2.05, 4.69) is 15.4 Å². The first-order valence-electron chi connectivity index (χ1n) is 6.58. The lowest BCUT2D eigenvalue weighted by Crippen LogP contribution is -2.14. The maximum atomic E-state index is 12.2. The van der Waals surface area contributed by atoms with E-state index >= 15 is 0 Å². The quantitative estimate of drug-likeness (QED) is 0.778. The number of nitrogens with one attached hydrogen (secondary N) is 1. The number of rotatable bonds is 3. The van der Waals surface area contributed by atoms with Crippen LogP contribution in [0.1, 0.15) is 22.4 Å². The summed E-state index contributed by atoms with van der Waals surface area (Å²) in [7, 11) is 0. The second-order valence-electron chi connectivity index (χ2n) is 4.66. The predicted octanol–water partition coefficient (Wildman–Crippen LogP) is 2.66. The normalized spacial score (nSPS) is 11.0. The first-order chi connectivity index (χ1) is 10.1. The molecule has 0 spiro atoms. The molecular weight excluding hydrogens is 286 g/mol. The fraction of sp³-hybridized carbons (Fsp3) is 0.214. The summed E-state index contributed by atoms with van der Waals surface area (Å²) in [6.45, 7) is 4.57. The minimum atomic E-state index is -0.305. The van der Waals surface area contributed by atoms with Crippen molar-refractivity contribution in [1.29, 1.82) is 0 Å². The number of hydrogen-bond donors (Lipinski definition) is 2. The Balaban J connectivity index is 1.86. The van der Waals surface area contributed by atoms with E-state index in [0.29, 0.717) is 17.9 Å². The Hall–Kier alpha value is -2.41. The highest BCUT2D eigenvalue weighted by Crippen LogP contribution is 2.25. The molecule has 2 aromatic heterocycles. The summed E-state index contributed by atoms with van der Waals surface area (Å²) in [4.78, 5) is 16.6. The zero-order valence-corrected chi connectivity index (χ0v) is 12.6. The van der Waals surface area contributed by atoms with Crippen molar-refractivity contribution in [3.63, 3.8) is 0 Å². The molecule has 0 saturated carbocycles. The van der Waals surface area contributed by atoms with Gasteiger partial charge in [0.05, 0.1) is 20.9 Å². The van der Waals surface area contributed by atoms with Gasteiger partial charge in [0.15, 0.2) is 5.69 Å². The van der Waals surface area contributed by atoms with Gasteiger partial charge in [-0.2, -0.15) is 5.10 Å². The Morgan fingerprint density at radius 1 is 1.48 bits per heavy atom. The molecule has 21 heavy (non-hydrogen) atoms. The van der Waals surface area contributed by atoms with Gasteiger partial charge in [0.25, 0.3) is 5.91 Å². The van der Waals surface area contributed by atoms with Crippen molar-refractivity contribution in [3.05, 3.63) is 35.1 Å². The van der Waals surface area contributed by atoms with Crippen LogP contribution in [0, 0.1) is 6.92 Å². The van der Waals surface area contributed by atoms with Crippen LogP contribution in [0.5, 0.6) is 0 Å². The minimum absolute atomic E-state index is 0.248. The van der Waals surface area contributed by atoms with Gasteiger partial charge in [-0.1, -0.05) is 0 Å². The summed E-state index contributed by atoms with van der Waals surface area (Å²) in [5.41, 5.74) is 8.08. The molecule has 0 aliphatic rings. The molecule has 0 radical (unpaired) electrons. The van der Waals surface area contributed by atoms with Crippen molar-refractivity contribution in [3.8, 4) is 0 Å². The summed E-state index contributed by atoms with van der Waals surface area (Å²) in [5.74, 6) is -0.305. The molecule has 0 bridgehead atoms. The lowest BCUT2D eigenvalue weighted by Gasteiger charge is -2.03. The van der Waals surface area contributed by atoms with Crippen LogP contribution < -0.4 is 11.1 Å². The number of nitrogen functional groups attached to an aromatic ring is 1. The van der Waals surface area contributed by atoms with Crippen LogP contribution in [0.15, 0.2) is 24.4 Å². The number of aryl methyl sites for hydroxylation is 2. The van der Waals surface area contributed by atoms with Crippen LogP contribution in [-0.2, 0) is 6.54 Å². The van der Waals surface area contributed by atoms with Crippen LogP contribution in [0.3, 0.4) is 0 Å². The molecule has 6 nitrogen and oxygen atoms in total. The number of carbonyl (C=O) groups excluding carboxylic acids is 1. The van der Waals surface area contributed by atoms with Crippen LogP contribution in [0.2, 0.25) is 0 Å². The number of benzene rings is 1. The van der Waals surface area contributed by atoms with Crippen LogP contribution >= 0.6 is 11.3 Å². The molecule has 1 amide bonds. The van der Waals surface area contributed by atoms with Gasteiger partial charge in [0, 0.05) is 18.4 Å². The van der Waals surface area contributed by atoms with Crippen molar-refractivity contribution >= 4 is 38.8 Å². The Morgan fingerprint density at radius 2 is 2.29 bits per heavy atom. The third-order valence-electron chi connectivity index (χ3n) is 3.08. The highest BCUT2D eigenvalue weighted by molar-refractivity contribution is 7.18. The summed E-state index contributed by atoms with van der Waals surface area (Å²) < 4.78 is 2.68. The fourth-order valence-corrected chi connectivity index (χ4v) is 2.95. The Labute approximate surface area is 125 Å². The second-order valence-corrected chi connectivity index (χ2v) is 5.89. The third-order valence-corrected chi connectivity index (χ3v) is 4.02. The lowest BCUT2D eigenvalue weighted by molar-refractivity contribution is 0.102. The van der Waals surface area contributed by atoms with Crippen LogP contribution in [0.4, 0.5) is 11.4 Å². The van der Waals surface area contributed by atoms with E-state index in [-0.39, 0.29) is 11.6 Å². The molecule has 7 heteroatoms. The number of thiazole rings is 1. The van der Waals surface area contributed by atoms with E-state index < -0.39 is 0 Å².